The molecule has 2 N–H and O–H groups in total. The molecule has 0 bridgehead atoms. The van der Waals surface area contributed by atoms with Gasteiger partial charge in [-0.3, -0.25) is 0 Å². The fraction of sp³-hybridized carbons (Fsp3) is 0. The van der Waals surface area contributed by atoms with Gasteiger partial charge in [0, 0.05) is 0 Å². The van der Waals surface area contributed by atoms with Gasteiger partial charge in [0.25, 0.3) is 12.0 Å². The quantitative estimate of drug-likeness (QED) is 0.531. The number of fused-ring (bicyclic) bond motifs is 3. The third-order valence-corrected chi connectivity index (χ3v) is 1.97. The Labute approximate surface area is 72.9 Å². The van der Waals surface area contributed by atoms with Crippen LogP contribution in [-0.4, -0.2) is 19.9 Å². The third kappa shape index (κ3) is 0.807. The largest absolute Gasteiger partial charge is 0.315 e. The summed E-state index contributed by atoms with van der Waals surface area (Å²) in [5.74, 6) is 0. The standard InChI is InChI=1S/C8H5N5/c1-5-7-6(2-10-3-11-7)13-8(5)12-4-9-1/h1-4H,(H,9,12,13)/p+1. The average molecular weight is 172 g/mol. The van der Waals surface area contributed by atoms with Crippen molar-refractivity contribution in [2.75, 3.05) is 0 Å². The van der Waals surface area contributed by atoms with E-state index in [9.17, 15) is 0 Å². The summed E-state index contributed by atoms with van der Waals surface area (Å²) in [6.07, 6.45) is 6.77. The number of aromatic nitrogens is 5. The first-order valence-corrected chi connectivity index (χ1v) is 3.88. The molecule has 0 fully saturated rings. The highest BCUT2D eigenvalue weighted by Gasteiger charge is 2.09. The van der Waals surface area contributed by atoms with Crippen LogP contribution in [-0.2, 0) is 0 Å². The second kappa shape index (κ2) is 2.22. The molecule has 0 atom stereocenters. The lowest BCUT2D eigenvalue weighted by molar-refractivity contribution is -0.380. The highest BCUT2D eigenvalue weighted by molar-refractivity contribution is 6.01. The minimum Gasteiger partial charge on any atom is -0.315 e. The van der Waals surface area contributed by atoms with Crippen LogP contribution in [0.25, 0.3) is 22.1 Å². The van der Waals surface area contributed by atoms with Gasteiger partial charge in [0.2, 0.25) is 0 Å². The van der Waals surface area contributed by atoms with E-state index in [4.69, 9.17) is 0 Å². The molecule has 5 heteroatoms. The molecule has 0 spiro atoms. The molecule has 0 amide bonds. The van der Waals surface area contributed by atoms with Crippen LogP contribution in [0.5, 0.6) is 0 Å². The summed E-state index contributed by atoms with van der Waals surface area (Å²) in [7, 11) is 0. The van der Waals surface area contributed by atoms with E-state index < -0.39 is 0 Å². The van der Waals surface area contributed by atoms with Crippen LogP contribution in [0.15, 0.2) is 25.0 Å². The molecule has 3 heterocycles. The van der Waals surface area contributed by atoms with Crippen molar-refractivity contribution in [1.82, 2.24) is 19.9 Å². The maximum Gasteiger partial charge on any atom is 0.286 e. The molecule has 5 nitrogen and oxygen atoms in total. The van der Waals surface area contributed by atoms with E-state index in [0.717, 1.165) is 22.1 Å². The van der Waals surface area contributed by atoms with Gasteiger partial charge in [0.05, 0.1) is 11.7 Å². The van der Waals surface area contributed by atoms with Gasteiger partial charge in [-0.15, -0.1) is 0 Å². The predicted octanol–water partition coefficient (Wildman–Crippen LogP) is 0.320. The molecule has 3 rings (SSSR count). The molecular weight excluding hydrogens is 166 g/mol. The SMILES string of the molecule is c1ncc2[nH]c3nc[nH+]cc3c2n1. The van der Waals surface area contributed by atoms with Crippen molar-refractivity contribution < 1.29 is 4.98 Å². The molecular formula is C8H6N5+. The van der Waals surface area contributed by atoms with E-state index in [-0.39, 0.29) is 0 Å². The minimum atomic E-state index is 0.828. The normalized spacial score (nSPS) is 11.1. The molecule has 0 aliphatic rings. The van der Waals surface area contributed by atoms with Gasteiger partial charge in [0.1, 0.15) is 23.4 Å². The Kier molecular flexibility index (Phi) is 1.11. The lowest BCUT2D eigenvalue weighted by Gasteiger charge is -1.83. The van der Waals surface area contributed by atoms with Gasteiger partial charge in [-0.2, -0.15) is 0 Å². The van der Waals surface area contributed by atoms with E-state index in [1.807, 2.05) is 6.20 Å². The Morgan fingerprint density at radius 2 is 2.31 bits per heavy atom. The highest BCUT2D eigenvalue weighted by Crippen LogP contribution is 2.18. The van der Waals surface area contributed by atoms with Crippen molar-refractivity contribution in [1.29, 1.82) is 0 Å². The molecule has 0 aliphatic heterocycles. The summed E-state index contributed by atoms with van der Waals surface area (Å²) >= 11 is 0. The number of hydrogen-bond donors (Lipinski definition) is 1. The summed E-state index contributed by atoms with van der Waals surface area (Å²) in [4.78, 5) is 18.3. The number of aromatic amines is 2. The topological polar surface area (TPSA) is 68.6 Å². The highest BCUT2D eigenvalue weighted by atomic mass is 14.9. The van der Waals surface area contributed by atoms with E-state index in [0.29, 0.717) is 0 Å². The second-order valence-electron chi connectivity index (χ2n) is 2.74. The first kappa shape index (κ1) is 6.47. The first-order valence-electron chi connectivity index (χ1n) is 3.88. The molecule has 0 unspecified atom stereocenters. The van der Waals surface area contributed by atoms with Crippen molar-refractivity contribution in [2.24, 2.45) is 0 Å². The fourth-order valence-corrected chi connectivity index (χ4v) is 1.40. The van der Waals surface area contributed by atoms with Gasteiger partial charge in [0.15, 0.2) is 0 Å². The van der Waals surface area contributed by atoms with Crippen molar-refractivity contribution in [2.45, 2.75) is 0 Å². The maximum absolute atomic E-state index is 4.17. The van der Waals surface area contributed by atoms with Gasteiger partial charge in [-0.05, 0) is 4.98 Å². The summed E-state index contributed by atoms with van der Waals surface area (Å²) in [5.41, 5.74) is 2.63. The van der Waals surface area contributed by atoms with Gasteiger partial charge in [-0.25, -0.2) is 15.0 Å². The van der Waals surface area contributed by atoms with E-state index in [2.05, 4.69) is 24.9 Å². The zero-order valence-electron chi connectivity index (χ0n) is 6.65. The zero-order valence-corrected chi connectivity index (χ0v) is 6.65. The molecule has 13 heavy (non-hydrogen) atoms. The number of nitrogens with zero attached hydrogens (tertiary/aromatic N) is 3. The first-order chi connectivity index (χ1) is 6.45. The van der Waals surface area contributed by atoms with Crippen LogP contribution in [0.2, 0.25) is 0 Å². The Balaban J connectivity index is 2.64. The van der Waals surface area contributed by atoms with Crippen LogP contribution >= 0.6 is 0 Å². The summed E-state index contributed by atoms with van der Waals surface area (Å²) in [5, 5.41) is 0.986. The Morgan fingerprint density at radius 1 is 1.31 bits per heavy atom. The maximum atomic E-state index is 4.17. The van der Waals surface area contributed by atoms with E-state index >= 15 is 0 Å². The van der Waals surface area contributed by atoms with E-state index in [1.54, 1.807) is 12.5 Å². The minimum absolute atomic E-state index is 0.828. The predicted molar refractivity (Wildman–Crippen MR) is 45.7 cm³/mol. The fourth-order valence-electron chi connectivity index (χ4n) is 1.40. The number of rotatable bonds is 0. The smallest absolute Gasteiger partial charge is 0.286 e. The number of hydrogen-bond acceptors (Lipinski definition) is 3. The molecule has 62 valence electrons. The zero-order chi connectivity index (χ0) is 8.67. The van der Waals surface area contributed by atoms with Gasteiger partial charge < -0.3 is 4.98 Å². The molecule has 0 saturated carbocycles. The van der Waals surface area contributed by atoms with Crippen molar-refractivity contribution in [3.63, 3.8) is 0 Å². The lowest BCUT2D eigenvalue weighted by Crippen LogP contribution is -1.99. The Morgan fingerprint density at radius 3 is 3.31 bits per heavy atom. The van der Waals surface area contributed by atoms with Crippen molar-refractivity contribution in [3.8, 4) is 0 Å². The second-order valence-corrected chi connectivity index (χ2v) is 2.74. The Hall–Kier alpha value is -2.04. The van der Waals surface area contributed by atoms with Crippen molar-refractivity contribution >= 4 is 22.1 Å². The molecule has 3 aromatic heterocycles. The van der Waals surface area contributed by atoms with Gasteiger partial charge in [-0.1, -0.05) is 0 Å². The van der Waals surface area contributed by atoms with Crippen LogP contribution in [0.4, 0.5) is 0 Å². The summed E-state index contributed by atoms with van der Waals surface area (Å²) in [6, 6.07) is 0. The Bertz CT molecular complexity index is 520. The third-order valence-electron chi connectivity index (χ3n) is 1.97. The number of nitrogens with one attached hydrogen (secondary N) is 2. The summed E-state index contributed by atoms with van der Waals surface area (Å²) in [6.45, 7) is 0. The van der Waals surface area contributed by atoms with Crippen LogP contribution in [0, 0.1) is 0 Å². The van der Waals surface area contributed by atoms with Crippen LogP contribution < -0.4 is 4.98 Å². The van der Waals surface area contributed by atoms with Crippen LogP contribution in [0.1, 0.15) is 0 Å². The lowest BCUT2D eigenvalue weighted by atomic mass is 10.3. The monoisotopic (exact) mass is 172 g/mol. The summed E-state index contributed by atoms with van der Waals surface area (Å²) < 4.78 is 0. The van der Waals surface area contributed by atoms with E-state index in [1.165, 1.54) is 6.33 Å². The van der Waals surface area contributed by atoms with Gasteiger partial charge >= 0.3 is 0 Å². The number of H-pyrrole nitrogens is 2. The molecule has 3 aromatic rings. The molecule has 0 saturated heterocycles. The average Bonchev–Trinajstić information content (AvgIpc) is 2.56. The van der Waals surface area contributed by atoms with Crippen LogP contribution in [0.3, 0.4) is 0 Å². The van der Waals surface area contributed by atoms with Crippen molar-refractivity contribution in [3.05, 3.63) is 25.0 Å². The molecule has 0 aliphatic carbocycles. The molecule has 0 aromatic carbocycles. The molecule has 0 radical (unpaired) electrons.